The minimum Gasteiger partial charge on any atom is -0.493 e. The Balaban J connectivity index is 3.23. The van der Waals surface area contributed by atoms with Gasteiger partial charge in [0, 0.05) is 7.11 Å². The molecular weight excluding hydrogens is 357 g/mol. The van der Waals surface area contributed by atoms with Gasteiger partial charge >= 0.3 is 13.5 Å². The van der Waals surface area contributed by atoms with Gasteiger partial charge in [-0.3, -0.25) is 9.36 Å². The summed E-state index contributed by atoms with van der Waals surface area (Å²) in [5.74, 6) is -0.833. The summed E-state index contributed by atoms with van der Waals surface area (Å²) < 4.78 is 29.3. The summed E-state index contributed by atoms with van der Waals surface area (Å²) >= 11 is 0. The monoisotopic (exact) mass is 385 g/mol. The van der Waals surface area contributed by atoms with Crippen molar-refractivity contribution in [1.82, 2.24) is 5.09 Å². The summed E-state index contributed by atoms with van der Waals surface area (Å²) in [7, 11) is -0.848. The van der Waals surface area contributed by atoms with Crippen molar-refractivity contribution in [2.45, 2.75) is 32.7 Å². The van der Waals surface area contributed by atoms with Crippen molar-refractivity contribution in [3.63, 3.8) is 0 Å². The highest BCUT2D eigenvalue weighted by Crippen LogP contribution is 2.48. The molecule has 0 saturated heterocycles. The predicted octanol–water partition coefficient (Wildman–Crippen LogP) is 3.69. The maximum Gasteiger partial charge on any atom is 0.343 e. The molecule has 0 aromatic heterocycles. The van der Waals surface area contributed by atoms with Crippen molar-refractivity contribution < 1.29 is 28.5 Å². The largest absolute Gasteiger partial charge is 0.493 e. The highest BCUT2D eigenvalue weighted by Gasteiger charge is 2.44. The Labute approximate surface area is 154 Å². The van der Waals surface area contributed by atoms with Crippen molar-refractivity contribution in [1.29, 1.82) is 0 Å². The molecule has 1 unspecified atom stereocenters. The summed E-state index contributed by atoms with van der Waals surface area (Å²) in [6, 6.07) is 5.19. The molecule has 1 rings (SSSR count). The van der Waals surface area contributed by atoms with E-state index in [1.807, 2.05) is 0 Å². The van der Waals surface area contributed by atoms with Gasteiger partial charge in [0.1, 0.15) is 11.9 Å². The van der Waals surface area contributed by atoms with Crippen molar-refractivity contribution >= 4 is 13.5 Å². The lowest BCUT2D eigenvalue weighted by Crippen LogP contribution is -2.52. The zero-order valence-corrected chi connectivity index (χ0v) is 16.8. The summed E-state index contributed by atoms with van der Waals surface area (Å²) in [6.07, 6.45) is 2.11. The van der Waals surface area contributed by atoms with Crippen LogP contribution >= 0.6 is 7.52 Å². The topological polar surface area (TPSA) is 94.1 Å². The average Bonchev–Trinajstić information content (AvgIpc) is 2.56. The van der Waals surface area contributed by atoms with Crippen LogP contribution in [0.15, 0.2) is 30.9 Å². The Kier molecular flexibility index (Phi) is 7.87. The average molecular weight is 385 g/mol. The fourth-order valence-electron chi connectivity index (χ4n) is 2.27. The van der Waals surface area contributed by atoms with Crippen LogP contribution in [0.4, 0.5) is 0 Å². The number of carboxylic acids is 1. The van der Waals surface area contributed by atoms with E-state index in [1.165, 1.54) is 21.1 Å². The Bertz CT molecular complexity index is 690. The van der Waals surface area contributed by atoms with Gasteiger partial charge in [0.25, 0.3) is 0 Å². The van der Waals surface area contributed by atoms with Gasteiger partial charge < -0.3 is 19.1 Å². The third-order valence-corrected chi connectivity index (χ3v) is 6.05. The number of allylic oxidation sites excluding steroid dienone is 1. The molecule has 2 N–H and O–H groups in total. The lowest BCUT2D eigenvalue weighted by Gasteiger charge is -2.34. The summed E-state index contributed by atoms with van der Waals surface area (Å²) in [5.41, 5.74) is -0.499. The minimum absolute atomic E-state index is 0.240. The number of benzene rings is 1. The standard InChI is InChI=1S/C18H28NO6P/c1-7-8-14-9-10-15(16(11-14)24-6)25-26(22,12-23-5)19-18(4,13(2)3)17(20)21/h7,9-11,13H,1,8,12H2,2-6H3,(H,19,22)(H,20,21)/t18-,26?/m0/s1. The van der Waals surface area contributed by atoms with Crippen molar-refractivity contribution in [3.05, 3.63) is 36.4 Å². The lowest BCUT2D eigenvalue weighted by atomic mass is 9.90. The maximum atomic E-state index is 13.3. The van der Waals surface area contributed by atoms with E-state index in [0.717, 1.165) is 5.56 Å². The molecule has 0 radical (unpaired) electrons. The summed E-state index contributed by atoms with van der Waals surface area (Å²) in [6.45, 7) is 8.61. The van der Waals surface area contributed by atoms with Gasteiger partial charge in [0.15, 0.2) is 11.5 Å². The molecule has 0 spiro atoms. The molecule has 0 aliphatic carbocycles. The quantitative estimate of drug-likeness (QED) is 0.443. The van der Waals surface area contributed by atoms with Crippen LogP contribution in [-0.4, -0.2) is 37.2 Å². The highest BCUT2D eigenvalue weighted by atomic mass is 31.2. The molecule has 0 aliphatic rings. The third-order valence-electron chi connectivity index (χ3n) is 4.15. The third kappa shape index (κ3) is 5.34. The number of hydrogen-bond donors (Lipinski definition) is 2. The second-order valence-corrected chi connectivity index (χ2v) is 8.45. The zero-order chi connectivity index (χ0) is 20.0. The highest BCUT2D eigenvalue weighted by molar-refractivity contribution is 7.57. The van der Waals surface area contributed by atoms with Gasteiger partial charge in [-0.25, -0.2) is 5.09 Å². The fourth-order valence-corrected chi connectivity index (χ4v) is 4.30. The van der Waals surface area contributed by atoms with Crippen LogP contribution in [0.1, 0.15) is 26.3 Å². The first-order chi connectivity index (χ1) is 12.1. The van der Waals surface area contributed by atoms with Crippen LogP contribution in [0, 0.1) is 5.92 Å². The smallest absolute Gasteiger partial charge is 0.343 e. The number of ether oxygens (including phenoxy) is 2. The van der Waals surface area contributed by atoms with Crippen molar-refractivity contribution in [2.75, 3.05) is 20.6 Å². The van der Waals surface area contributed by atoms with Gasteiger partial charge in [-0.15, -0.1) is 6.58 Å². The molecule has 0 amide bonds. The Morgan fingerprint density at radius 3 is 2.50 bits per heavy atom. The first-order valence-electron chi connectivity index (χ1n) is 8.20. The number of methoxy groups -OCH3 is 2. The van der Waals surface area contributed by atoms with E-state index >= 15 is 0 Å². The molecule has 26 heavy (non-hydrogen) atoms. The van der Waals surface area contributed by atoms with Crippen LogP contribution in [0.2, 0.25) is 0 Å². The molecule has 146 valence electrons. The molecule has 7 nitrogen and oxygen atoms in total. The summed E-state index contributed by atoms with van der Waals surface area (Å²) in [4.78, 5) is 11.7. The first-order valence-corrected chi connectivity index (χ1v) is 10.0. The van der Waals surface area contributed by atoms with E-state index in [4.69, 9.17) is 14.0 Å². The lowest BCUT2D eigenvalue weighted by molar-refractivity contribution is -0.145. The van der Waals surface area contributed by atoms with E-state index in [1.54, 1.807) is 38.1 Å². The molecule has 8 heteroatoms. The SMILES string of the molecule is C=CCc1ccc(OP(=O)(COC)N[C@](C)(C(=O)O)C(C)C)c(OC)c1. The molecule has 0 fully saturated rings. The fraction of sp³-hybridized carbons (Fsp3) is 0.500. The molecule has 2 atom stereocenters. The van der Waals surface area contributed by atoms with E-state index < -0.39 is 19.0 Å². The van der Waals surface area contributed by atoms with E-state index in [-0.39, 0.29) is 18.0 Å². The Morgan fingerprint density at radius 2 is 2.04 bits per heavy atom. The molecule has 0 saturated carbocycles. The van der Waals surface area contributed by atoms with Crippen LogP contribution in [-0.2, 0) is 20.5 Å². The molecule has 0 bridgehead atoms. The normalized spacial score (nSPS) is 15.8. The van der Waals surface area contributed by atoms with E-state index in [2.05, 4.69) is 11.7 Å². The molecule has 0 heterocycles. The van der Waals surface area contributed by atoms with Gasteiger partial charge in [-0.1, -0.05) is 26.0 Å². The second-order valence-electron chi connectivity index (χ2n) is 6.43. The first kappa shape index (κ1) is 22.2. The maximum absolute atomic E-state index is 13.3. The Hall–Kier alpha value is -1.82. The second kappa shape index (κ2) is 9.21. The van der Waals surface area contributed by atoms with E-state index in [0.29, 0.717) is 12.2 Å². The molecule has 1 aromatic carbocycles. The van der Waals surface area contributed by atoms with Crippen LogP contribution in [0.5, 0.6) is 11.5 Å². The van der Waals surface area contributed by atoms with Gasteiger partial charge in [-0.05, 0) is 37.0 Å². The van der Waals surface area contributed by atoms with Gasteiger partial charge in [0.2, 0.25) is 0 Å². The number of nitrogens with one attached hydrogen (secondary N) is 1. The Morgan fingerprint density at radius 1 is 1.38 bits per heavy atom. The molecule has 0 aliphatic heterocycles. The molecular formula is C18H28NO6P. The summed E-state index contributed by atoms with van der Waals surface area (Å²) in [5, 5.41) is 12.3. The minimum atomic E-state index is -3.69. The number of carbonyl (C=O) groups is 1. The van der Waals surface area contributed by atoms with Gasteiger partial charge in [0.05, 0.1) is 7.11 Å². The number of carboxylic acid groups (broad SMARTS) is 1. The van der Waals surface area contributed by atoms with Crippen molar-refractivity contribution in [2.24, 2.45) is 5.92 Å². The predicted molar refractivity (Wildman–Crippen MR) is 101 cm³/mol. The molecule has 1 aromatic rings. The van der Waals surface area contributed by atoms with Gasteiger partial charge in [-0.2, -0.15) is 0 Å². The zero-order valence-electron chi connectivity index (χ0n) is 15.9. The number of aliphatic carboxylic acids is 1. The van der Waals surface area contributed by atoms with Crippen molar-refractivity contribution in [3.8, 4) is 11.5 Å². The van der Waals surface area contributed by atoms with Crippen LogP contribution in [0.25, 0.3) is 0 Å². The van der Waals surface area contributed by atoms with Crippen LogP contribution in [0.3, 0.4) is 0 Å². The van der Waals surface area contributed by atoms with Crippen LogP contribution < -0.4 is 14.3 Å². The number of hydrogen-bond acceptors (Lipinski definition) is 5. The van der Waals surface area contributed by atoms with E-state index in [9.17, 15) is 14.5 Å². The number of rotatable bonds is 11.